The molecule has 0 amide bonds. The van der Waals surface area contributed by atoms with E-state index in [-0.39, 0.29) is 0 Å². The minimum Gasteiger partial charge on any atom is -0.289 e. The van der Waals surface area contributed by atoms with Gasteiger partial charge in [0.15, 0.2) is 0 Å². The highest BCUT2D eigenvalue weighted by Gasteiger charge is 2.43. The molecule has 2 aliphatic heterocycles. The quantitative estimate of drug-likeness (QED) is 0.658. The number of hydrogen-bond donors (Lipinski definition) is 0. The Morgan fingerprint density at radius 2 is 0.960 bits per heavy atom. The van der Waals surface area contributed by atoms with E-state index < -0.39 is 0 Å². The smallest absolute Gasteiger partial charge is 0.0673 e. The van der Waals surface area contributed by atoms with Crippen molar-refractivity contribution >= 4 is 0 Å². The summed E-state index contributed by atoms with van der Waals surface area (Å²) < 4.78 is 0. The average Bonchev–Trinajstić information content (AvgIpc) is 2.78. The van der Waals surface area contributed by atoms with Crippen LogP contribution in [0.15, 0.2) is 0 Å². The number of likely N-dealkylation sites (N-methyl/N-ethyl adjacent to an activating group) is 4. The zero-order valence-electron chi connectivity index (χ0n) is 19.4. The fourth-order valence-corrected chi connectivity index (χ4v) is 5.10. The third-order valence-corrected chi connectivity index (χ3v) is 6.35. The predicted molar refractivity (Wildman–Crippen MR) is 111 cm³/mol. The molecule has 2 fully saturated rings. The minimum atomic E-state index is 0.336. The maximum atomic E-state index is 2.49. The molecule has 0 bridgehead atoms. The van der Waals surface area contributed by atoms with Gasteiger partial charge in [-0.1, -0.05) is 41.5 Å². The Balaban J connectivity index is 0.000000251. The van der Waals surface area contributed by atoms with Gasteiger partial charge in [0.2, 0.25) is 0 Å². The molecule has 0 aromatic rings. The first-order valence-corrected chi connectivity index (χ1v) is 9.96. The minimum absolute atomic E-state index is 0.336. The molecule has 4 unspecified atom stereocenters. The molecule has 0 aromatic heterocycles. The Hall–Kier alpha value is -0.160. The molecule has 0 radical (unpaired) electrons. The highest BCUT2D eigenvalue weighted by atomic mass is 15.4. The fourth-order valence-electron chi connectivity index (χ4n) is 5.10. The summed E-state index contributed by atoms with van der Waals surface area (Å²) >= 11 is 0. The van der Waals surface area contributed by atoms with Crippen molar-refractivity contribution < 1.29 is 0 Å². The van der Waals surface area contributed by atoms with Gasteiger partial charge < -0.3 is 0 Å². The lowest BCUT2D eigenvalue weighted by Crippen LogP contribution is -2.46. The van der Waals surface area contributed by atoms with Crippen LogP contribution in [-0.2, 0) is 0 Å². The summed E-state index contributed by atoms with van der Waals surface area (Å²) in [5.41, 5.74) is 0.691. The van der Waals surface area contributed by atoms with Crippen LogP contribution in [0.2, 0.25) is 0 Å². The van der Waals surface area contributed by atoms with Gasteiger partial charge in [0.25, 0.3) is 0 Å². The molecule has 25 heavy (non-hydrogen) atoms. The molecule has 2 aliphatic rings. The van der Waals surface area contributed by atoms with Crippen molar-refractivity contribution in [3.05, 3.63) is 0 Å². The largest absolute Gasteiger partial charge is 0.289 e. The Bertz CT molecular complexity index is 409. The van der Waals surface area contributed by atoms with Crippen molar-refractivity contribution in [1.82, 2.24) is 19.6 Å². The molecule has 0 aromatic carbocycles. The van der Waals surface area contributed by atoms with Gasteiger partial charge in [0.1, 0.15) is 0 Å². The summed E-state index contributed by atoms with van der Waals surface area (Å²) in [6, 6.07) is 2.02. The Labute approximate surface area is 158 Å². The van der Waals surface area contributed by atoms with Crippen LogP contribution in [0, 0.1) is 10.8 Å². The second-order valence-corrected chi connectivity index (χ2v) is 10.7. The van der Waals surface area contributed by atoms with Gasteiger partial charge in [-0.2, -0.15) is 0 Å². The second-order valence-electron chi connectivity index (χ2n) is 10.7. The van der Waals surface area contributed by atoms with Crippen molar-refractivity contribution in [3.63, 3.8) is 0 Å². The standard InChI is InChI=1S/C11H24N2.C10H22N2/c1-8-9(2)13(7)10(12(8)6)11(3,4)5;1-8-7-11(5)9(12(8)6)10(2,3)4/h8-10H,1-7H3;8-9H,7H2,1-6H3. The maximum Gasteiger partial charge on any atom is 0.0673 e. The van der Waals surface area contributed by atoms with E-state index in [1.54, 1.807) is 0 Å². The first kappa shape index (κ1) is 22.9. The van der Waals surface area contributed by atoms with Crippen LogP contribution in [0.3, 0.4) is 0 Å². The first-order chi connectivity index (χ1) is 11.1. The summed E-state index contributed by atoms with van der Waals surface area (Å²) in [6.45, 7) is 22.0. The third-order valence-electron chi connectivity index (χ3n) is 6.35. The first-order valence-electron chi connectivity index (χ1n) is 9.96. The van der Waals surface area contributed by atoms with Crippen LogP contribution in [0.1, 0.15) is 62.3 Å². The molecule has 0 spiro atoms. The van der Waals surface area contributed by atoms with E-state index in [9.17, 15) is 0 Å². The van der Waals surface area contributed by atoms with Crippen molar-refractivity contribution in [3.8, 4) is 0 Å². The summed E-state index contributed by atoms with van der Waals surface area (Å²) in [7, 11) is 8.92. The van der Waals surface area contributed by atoms with Gasteiger partial charge in [0.05, 0.1) is 12.3 Å². The number of rotatable bonds is 0. The monoisotopic (exact) mass is 354 g/mol. The lowest BCUT2D eigenvalue weighted by atomic mass is 9.91. The molecule has 2 saturated heterocycles. The Morgan fingerprint density at radius 3 is 1.12 bits per heavy atom. The normalized spacial score (nSPS) is 36.6. The molecule has 2 heterocycles. The molecule has 0 aliphatic carbocycles. The molecule has 4 heteroatoms. The van der Waals surface area contributed by atoms with Crippen molar-refractivity contribution in [2.45, 2.75) is 92.8 Å². The Morgan fingerprint density at radius 1 is 0.600 bits per heavy atom. The van der Waals surface area contributed by atoms with Crippen LogP contribution >= 0.6 is 0 Å². The topological polar surface area (TPSA) is 13.0 Å². The van der Waals surface area contributed by atoms with Gasteiger partial charge in [-0.3, -0.25) is 19.6 Å². The van der Waals surface area contributed by atoms with E-state index in [1.165, 1.54) is 6.54 Å². The van der Waals surface area contributed by atoms with Crippen LogP contribution in [0.4, 0.5) is 0 Å². The third kappa shape index (κ3) is 4.97. The molecule has 0 saturated carbocycles. The van der Waals surface area contributed by atoms with Crippen molar-refractivity contribution in [2.24, 2.45) is 10.8 Å². The van der Waals surface area contributed by atoms with E-state index in [2.05, 4.69) is 110 Å². The maximum absolute atomic E-state index is 2.49. The highest BCUT2D eigenvalue weighted by molar-refractivity contribution is 4.95. The molecular formula is C21H46N4. The SMILES string of the molecule is CC1C(C)N(C)C(C(C)(C)C)N1C.CC1CN(C)C(C(C)(C)C)N1C. The number of nitrogens with zero attached hydrogens (tertiary/aromatic N) is 4. The predicted octanol–water partition coefficient (Wildman–Crippen LogP) is 3.64. The molecule has 150 valence electrons. The summed E-state index contributed by atoms with van der Waals surface area (Å²) in [5.74, 6) is 0. The lowest BCUT2D eigenvalue weighted by Gasteiger charge is -2.37. The summed E-state index contributed by atoms with van der Waals surface area (Å²) in [4.78, 5) is 9.90. The van der Waals surface area contributed by atoms with Gasteiger partial charge in [-0.05, 0) is 59.8 Å². The lowest BCUT2D eigenvalue weighted by molar-refractivity contribution is 0.0568. The summed E-state index contributed by atoms with van der Waals surface area (Å²) in [5, 5.41) is 0. The van der Waals surface area contributed by atoms with E-state index >= 15 is 0 Å². The van der Waals surface area contributed by atoms with Crippen LogP contribution in [0.25, 0.3) is 0 Å². The van der Waals surface area contributed by atoms with Crippen LogP contribution < -0.4 is 0 Å². The van der Waals surface area contributed by atoms with Gasteiger partial charge in [-0.25, -0.2) is 0 Å². The van der Waals surface area contributed by atoms with Crippen molar-refractivity contribution in [1.29, 1.82) is 0 Å². The molecule has 4 nitrogen and oxygen atoms in total. The van der Waals surface area contributed by atoms with Gasteiger partial charge >= 0.3 is 0 Å². The highest BCUT2D eigenvalue weighted by Crippen LogP contribution is 2.34. The number of hydrogen-bond acceptors (Lipinski definition) is 4. The molecule has 0 N–H and O–H groups in total. The molecule has 2 rings (SSSR count). The van der Waals surface area contributed by atoms with E-state index in [1.807, 2.05) is 0 Å². The molecule has 4 atom stereocenters. The van der Waals surface area contributed by atoms with E-state index in [0.717, 1.165) is 0 Å². The average molecular weight is 355 g/mol. The van der Waals surface area contributed by atoms with Crippen LogP contribution in [-0.4, -0.2) is 84.8 Å². The van der Waals surface area contributed by atoms with Gasteiger partial charge in [-0.15, -0.1) is 0 Å². The van der Waals surface area contributed by atoms with E-state index in [4.69, 9.17) is 0 Å². The fraction of sp³-hybridized carbons (Fsp3) is 1.00. The van der Waals surface area contributed by atoms with E-state index in [0.29, 0.717) is 41.3 Å². The van der Waals surface area contributed by atoms with Gasteiger partial charge in [0, 0.05) is 24.7 Å². The Kier molecular flexibility index (Phi) is 7.17. The van der Waals surface area contributed by atoms with Crippen molar-refractivity contribution in [2.75, 3.05) is 34.7 Å². The summed E-state index contributed by atoms with van der Waals surface area (Å²) in [6.07, 6.45) is 1.16. The van der Waals surface area contributed by atoms with Crippen LogP contribution in [0.5, 0.6) is 0 Å². The molecular weight excluding hydrogens is 308 g/mol. The zero-order chi connectivity index (χ0) is 19.9. The zero-order valence-corrected chi connectivity index (χ0v) is 19.4. The second kappa shape index (κ2) is 7.84.